The van der Waals surface area contributed by atoms with E-state index in [1.807, 2.05) is 37.3 Å². The van der Waals surface area contributed by atoms with Crippen molar-refractivity contribution in [3.05, 3.63) is 53.6 Å². The van der Waals surface area contributed by atoms with Crippen LogP contribution in [0.5, 0.6) is 11.5 Å². The number of hydrogen-bond donors (Lipinski definition) is 1. The molecule has 1 unspecified atom stereocenters. The van der Waals surface area contributed by atoms with Crippen LogP contribution in [0.2, 0.25) is 0 Å². The molecule has 2 aliphatic rings. The molecule has 3 amide bonds. The van der Waals surface area contributed by atoms with Crippen molar-refractivity contribution in [2.45, 2.75) is 38.3 Å². The average Bonchev–Trinajstić information content (AvgIpc) is 3.14. The summed E-state index contributed by atoms with van der Waals surface area (Å²) in [5, 5.41) is 2.92. The van der Waals surface area contributed by atoms with Gasteiger partial charge in [-0.05, 0) is 43.5 Å². The zero-order valence-electron chi connectivity index (χ0n) is 19.2. The molecule has 0 spiro atoms. The standard InChI is InChI=1S/C25H29N3O5/c1-25-13-10-23(30)28(25)20-7-5-4-6-19(20)24(31)27(25)15-12-22(29)26-14-11-17-8-9-18(32-2)16-21(17)33-3/h4-9,16H,10-15H2,1-3H3,(H,26,29). The van der Waals surface area contributed by atoms with Gasteiger partial charge in [0, 0.05) is 32.0 Å². The number of ether oxygens (including phenoxy) is 2. The number of nitrogens with one attached hydrogen (secondary N) is 1. The molecule has 1 N–H and O–H groups in total. The molecular formula is C25H29N3O5. The Hall–Kier alpha value is -3.55. The minimum absolute atomic E-state index is 0.000315. The molecule has 0 aromatic heterocycles. The van der Waals surface area contributed by atoms with Gasteiger partial charge in [-0.25, -0.2) is 0 Å². The van der Waals surface area contributed by atoms with Crippen LogP contribution in [-0.2, 0) is 16.0 Å². The van der Waals surface area contributed by atoms with Crippen LogP contribution in [0, 0.1) is 0 Å². The molecule has 8 heteroatoms. The molecule has 4 rings (SSSR count). The number of amides is 3. The van der Waals surface area contributed by atoms with E-state index in [2.05, 4.69) is 5.32 Å². The third kappa shape index (κ3) is 4.13. The molecule has 33 heavy (non-hydrogen) atoms. The Morgan fingerprint density at radius 3 is 2.67 bits per heavy atom. The van der Waals surface area contributed by atoms with Crippen LogP contribution in [0.4, 0.5) is 5.69 Å². The number of nitrogens with zero attached hydrogens (tertiary/aromatic N) is 2. The fraction of sp³-hybridized carbons (Fsp3) is 0.400. The summed E-state index contributed by atoms with van der Waals surface area (Å²) < 4.78 is 10.6. The van der Waals surface area contributed by atoms with Crippen molar-refractivity contribution in [3.63, 3.8) is 0 Å². The van der Waals surface area contributed by atoms with Gasteiger partial charge in [-0.1, -0.05) is 18.2 Å². The van der Waals surface area contributed by atoms with Crippen molar-refractivity contribution < 1.29 is 23.9 Å². The highest BCUT2D eigenvalue weighted by Gasteiger charge is 2.52. The Bertz CT molecular complexity index is 1090. The second-order valence-corrected chi connectivity index (χ2v) is 8.45. The molecule has 8 nitrogen and oxygen atoms in total. The lowest BCUT2D eigenvalue weighted by Gasteiger charge is -2.48. The zero-order chi connectivity index (χ0) is 23.6. The SMILES string of the molecule is COc1ccc(CCNC(=O)CCN2C(=O)c3ccccc3N3C(=O)CCC23C)c(OC)c1. The van der Waals surface area contributed by atoms with E-state index in [-0.39, 0.29) is 30.7 Å². The second kappa shape index (κ2) is 9.13. The van der Waals surface area contributed by atoms with Gasteiger partial charge in [-0.2, -0.15) is 0 Å². The molecule has 1 saturated heterocycles. The minimum atomic E-state index is -0.751. The van der Waals surface area contributed by atoms with Crippen LogP contribution in [0.25, 0.3) is 0 Å². The highest BCUT2D eigenvalue weighted by molar-refractivity contribution is 6.10. The zero-order valence-corrected chi connectivity index (χ0v) is 19.2. The first-order valence-corrected chi connectivity index (χ1v) is 11.1. The molecule has 0 bridgehead atoms. The number of hydrogen-bond acceptors (Lipinski definition) is 5. The number of rotatable bonds is 8. The molecule has 0 radical (unpaired) electrons. The van der Waals surface area contributed by atoms with E-state index in [1.54, 1.807) is 36.2 Å². The largest absolute Gasteiger partial charge is 0.497 e. The number of carbonyl (C=O) groups excluding carboxylic acids is 3. The molecule has 2 aliphatic heterocycles. The lowest BCUT2D eigenvalue weighted by Crippen LogP contribution is -2.62. The van der Waals surface area contributed by atoms with Gasteiger partial charge < -0.3 is 19.7 Å². The molecule has 0 saturated carbocycles. The van der Waals surface area contributed by atoms with Gasteiger partial charge >= 0.3 is 0 Å². The van der Waals surface area contributed by atoms with Crippen LogP contribution in [0.15, 0.2) is 42.5 Å². The summed E-state index contributed by atoms with van der Waals surface area (Å²) in [5.41, 5.74) is 1.37. The monoisotopic (exact) mass is 451 g/mol. The highest BCUT2D eigenvalue weighted by Crippen LogP contribution is 2.43. The van der Waals surface area contributed by atoms with Crippen molar-refractivity contribution >= 4 is 23.4 Å². The molecule has 2 aromatic carbocycles. The summed E-state index contributed by atoms with van der Waals surface area (Å²) in [5.74, 6) is 1.13. The van der Waals surface area contributed by atoms with E-state index in [1.165, 1.54) is 0 Å². The molecule has 1 fully saturated rings. The summed E-state index contributed by atoms with van der Waals surface area (Å²) >= 11 is 0. The van der Waals surface area contributed by atoms with Gasteiger partial charge in [0.2, 0.25) is 11.8 Å². The van der Waals surface area contributed by atoms with Crippen molar-refractivity contribution in [2.75, 3.05) is 32.2 Å². The fourth-order valence-electron chi connectivity index (χ4n) is 4.74. The number of carbonyl (C=O) groups is 3. The maximum atomic E-state index is 13.2. The minimum Gasteiger partial charge on any atom is -0.497 e. The van der Waals surface area contributed by atoms with Crippen molar-refractivity contribution in [1.82, 2.24) is 10.2 Å². The summed E-state index contributed by atoms with van der Waals surface area (Å²) in [4.78, 5) is 41.8. The number of fused-ring (bicyclic) bond motifs is 3. The van der Waals surface area contributed by atoms with E-state index in [4.69, 9.17) is 9.47 Å². The van der Waals surface area contributed by atoms with Gasteiger partial charge in [0.1, 0.15) is 17.2 Å². The Morgan fingerprint density at radius 1 is 1.12 bits per heavy atom. The first-order valence-electron chi connectivity index (χ1n) is 11.1. The lowest BCUT2D eigenvalue weighted by molar-refractivity contribution is -0.121. The Balaban J connectivity index is 1.38. The van der Waals surface area contributed by atoms with Gasteiger partial charge in [-0.3, -0.25) is 19.3 Å². The van der Waals surface area contributed by atoms with Crippen LogP contribution in [0.1, 0.15) is 42.1 Å². The van der Waals surface area contributed by atoms with Crippen LogP contribution in [-0.4, -0.2) is 55.6 Å². The first-order chi connectivity index (χ1) is 15.9. The quantitative estimate of drug-likeness (QED) is 0.667. The molecule has 174 valence electrons. The van der Waals surface area contributed by atoms with E-state index < -0.39 is 5.66 Å². The average molecular weight is 452 g/mol. The number of para-hydroxylation sites is 1. The molecular weight excluding hydrogens is 422 g/mol. The highest BCUT2D eigenvalue weighted by atomic mass is 16.5. The van der Waals surface area contributed by atoms with Gasteiger partial charge in [0.25, 0.3) is 5.91 Å². The van der Waals surface area contributed by atoms with E-state index in [0.717, 1.165) is 5.56 Å². The van der Waals surface area contributed by atoms with Crippen molar-refractivity contribution in [3.8, 4) is 11.5 Å². The predicted molar refractivity (Wildman–Crippen MR) is 123 cm³/mol. The number of benzene rings is 2. The molecule has 2 heterocycles. The fourth-order valence-corrected chi connectivity index (χ4v) is 4.74. The van der Waals surface area contributed by atoms with Gasteiger partial charge in [0.15, 0.2) is 0 Å². The summed E-state index contributed by atoms with van der Waals surface area (Å²) in [6.07, 6.45) is 1.69. The van der Waals surface area contributed by atoms with Crippen molar-refractivity contribution in [1.29, 1.82) is 0 Å². The van der Waals surface area contributed by atoms with E-state index >= 15 is 0 Å². The maximum Gasteiger partial charge on any atom is 0.257 e. The molecule has 0 aliphatic carbocycles. The van der Waals surface area contributed by atoms with Crippen LogP contribution >= 0.6 is 0 Å². The Kier molecular flexibility index (Phi) is 6.26. The topological polar surface area (TPSA) is 88.2 Å². The number of anilines is 1. The molecule has 2 aromatic rings. The summed E-state index contributed by atoms with van der Waals surface area (Å²) in [7, 11) is 3.20. The molecule has 1 atom stereocenters. The lowest BCUT2D eigenvalue weighted by atomic mass is 9.98. The van der Waals surface area contributed by atoms with Crippen LogP contribution in [0.3, 0.4) is 0 Å². The Morgan fingerprint density at radius 2 is 1.91 bits per heavy atom. The smallest absolute Gasteiger partial charge is 0.257 e. The maximum absolute atomic E-state index is 13.2. The van der Waals surface area contributed by atoms with Gasteiger partial charge in [-0.15, -0.1) is 0 Å². The van der Waals surface area contributed by atoms with E-state index in [9.17, 15) is 14.4 Å². The van der Waals surface area contributed by atoms with Crippen LogP contribution < -0.4 is 19.7 Å². The number of methoxy groups -OCH3 is 2. The Labute approximate surface area is 193 Å². The first kappa shape index (κ1) is 22.6. The third-order valence-corrected chi connectivity index (χ3v) is 6.52. The van der Waals surface area contributed by atoms with Crippen molar-refractivity contribution in [2.24, 2.45) is 0 Å². The van der Waals surface area contributed by atoms with Gasteiger partial charge in [0.05, 0.1) is 25.5 Å². The van der Waals surface area contributed by atoms with E-state index in [0.29, 0.717) is 48.6 Å². The predicted octanol–water partition coefficient (Wildman–Crippen LogP) is 2.75. The normalized spacial score (nSPS) is 19.2. The summed E-state index contributed by atoms with van der Waals surface area (Å²) in [6.45, 7) is 2.59. The summed E-state index contributed by atoms with van der Waals surface area (Å²) in [6, 6.07) is 12.8. The second-order valence-electron chi connectivity index (χ2n) is 8.45. The third-order valence-electron chi connectivity index (χ3n) is 6.52.